The summed E-state index contributed by atoms with van der Waals surface area (Å²) in [6, 6.07) is 1.02. The number of likely N-dealkylation sites (tertiary alicyclic amines) is 1. The van der Waals surface area contributed by atoms with Crippen molar-refractivity contribution in [1.82, 2.24) is 4.90 Å². The van der Waals surface area contributed by atoms with E-state index in [0.29, 0.717) is 12.1 Å². The fourth-order valence-corrected chi connectivity index (χ4v) is 3.97. The predicted octanol–water partition coefficient (Wildman–Crippen LogP) is 4.35. The third-order valence-electron chi connectivity index (χ3n) is 4.87. The van der Waals surface area contributed by atoms with E-state index in [0.717, 1.165) is 17.8 Å². The van der Waals surface area contributed by atoms with Crippen molar-refractivity contribution in [3.8, 4) is 0 Å². The van der Waals surface area contributed by atoms with Crippen LogP contribution in [0.4, 0.5) is 0 Å². The first-order chi connectivity index (χ1) is 8.99. The van der Waals surface area contributed by atoms with Crippen LogP contribution in [0.5, 0.6) is 0 Å². The van der Waals surface area contributed by atoms with Crippen LogP contribution in [0.15, 0.2) is 4.99 Å². The summed E-state index contributed by atoms with van der Waals surface area (Å²) in [5.74, 6) is 3.99. The van der Waals surface area contributed by atoms with E-state index < -0.39 is 0 Å². The van der Waals surface area contributed by atoms with E-state index in [1.54, 1.807) is 0 Å². The number of fused-ring (bicyclic) bond motifs is 1. The first-order valence-electron chi connectivity index (χ1n) is 8.33. The molecule has 1 aliphatic carbocycles. The predicted molar refractivity (Wildman–Crippen MR) is 83.6 cm³/mol. The summed E-state index contributed by atoms with van der Waals surface area (Å²) in [5.41, 5.74) is 0. The lowest BCUT2D eigenvalue weighted by molar-refractivity contribution is 0.208. The van der Waals surface area contributed by atoms with Crippen LogP contribution in [0, 0.1) is 17.8 Å². The SMILES string of the molecule is CC1CCCC2C(=NC(C)C)N(C(C)C)CCC2C1. The van der Waals surface area contributed by atoms with Gasteiger partial charge in [-0.2, -0.15) is 0 Å². The molecule has 2 nitrogen and oxygen atoms in total. The van der Waals surface area contributed by atoms with Crippen LogP contribution in [-0.4, -0.2) is 29.4 Å². The molecule has 2 rings (SSSR count). The van der Waals surface area contributed by atoms with Crippen molar-refractivity contribution in [2.75, 3.05) is 6.54 Å². The fraction of sp³-hybridized carbons (Fsp3) is 0.941. The van der Waals surface area contributed by atoms with Gasteiger partial charge >= 0.3 is 0 Å². The molecule has 0 bridgehead atoms. The van der Waals surface area contributed by atoms with Crippen molar-refractivity contribution in [1.29, 1.82) is 0 Å². The minimum atomic E-state index is 0.427. The molecule has 1 saturated heterocycles. The molecule has 0 amide bonds. The standard InChI is InChI=1S/C17H32N2/c1-12(2)18-17-16-8-6-7-14(5)11-15(16)9-10-19(17)13(3)4/h12-16H,6-11H2,1-5H3. The Morgan fingerprint density at radius 2 is 1.84 bits per heavy atom. The Morgan fingerprint density at radius 3 is 2.47 bits per heavy atom. The molecule has 0 spiro atoms. The van der Waals surface area contributed by atoms with Gasteiger partial charge < -0.3 is 4.90 Å². The molecule has 1 heterocycles. The highest BCUT2D eigenvalue weighted by Gasteiger charge is 2.37. The highest BCUT2D eigenvalue weighted by molar-refractivity contribution is 5.86. The highest BCUT2D eigenvalue weighted by Crippen LogP contribution is 2.39. The molecular weight excluding hydrogens is 232 g/mol. The van der Waals surface area contributed by atoms with Crippen molar-refractivity contribution in [3.05, 3.63) is 0 Å². The Hall–Kier alpha value is -0.530. The van der Waals surface area contributed by atoms with E-state index in [9.17, 15) is 0 Å². The quantitative estimate of drug-likeness (QED) is 0.724. The van der Waals surface area contributed by atoms with E-state index in [4.69, 9.17) is 4.99 Å². The summed E-state index contributed by atoms with van der Waals surface area (Å²) in [4.78, 5) is 7.61. The number of nitrogens with zero attached hydrogens (tertiary/aromatic N) is 2. The Balaban J connectivity index is 2.24. The van der Waals surface area contributed by atoms with Gasteiger partial charge in [-0.3, -0.25) is 4.99 Å². The molecule has 110 valence electrons. The number of aliphatic imine (C=N–C) groups is 1. The van der Waals surface area contributed by atoms with Gasteiger partial charge in [0.15, 0.2) is 0 Å². The fourth-order valence-electron chi connectivity index (χ4n) is 3.97. The minimum Gasteiger partial charge on any atom is -0.358 e. The normalized spacial score (nSPS) is 34.8. The summed E-state index contributed by atoms with van der Waals surface area (Å²) >= 11 is 0. The average Bonchev–Trinajstić information content (AvgIpc) is 2.49. The zero-order valence-corrected chi connectivity index (χ0v) is 13.5. The Morgan fingerprint density at radius 1 is 1.11 bits per heavy atom. The van der Waals surface area contributed by atoms with Crippen molar-refractivity contribution >= 4 is 5.84 Å². The van der Waals surface area contributed by atoms with Crippen LogP contribution in [0.2, 0.25) is 0 Å². The minimum absolute atomic E-state index is 0.427. The van der Waals surface area contributed by atoms with Crippen molar-refractivity contribution < 1.29 is 0 Å². The molecule has 0 aromatic carbocycles. The van der Waals surface area contributed by atoms with E-state index in [1.807, 2.05) is 0 Å². The molecule has 0 N–H and O–H groups in total. The largest absolute Gasteiger partial charge is 0.358 e. The van der Waals surface area contributed by atoms with Crippen molar-refractivity contribution in [3.63, 3.8) is 0 Å². The second kappa shape index (κ2) is 6.28. The van der Waals surface area contributed by atoms with E-state index in [2.05, 4.69) is 39.5 Å². The first-order valence-corrected chi connectivity index (χ1v) is 8.33. The van der Waals surface area contributed by atoms with Crippen LogP contribution >= 0.6 is 0 Å². The molecule has 3 atom stereocenters. The maximum absolute atomic E-state index is 5.03. The molecule has 0 aromatic rings. The maximum atomic E-state index is 5.03. The third kappa shape index (κ3) is 3.52. The maximum Gasteiger partial charge on any atom is 0.103 e. The summed E-state index contributed by atoms with van der Waals surface area (Å²) < 4.78 is 0. The van der Waals surface area contributed by atoms with Gasteiger partial charge in [0.25, 0.3) is 0 Å². The van der Waals surface area contributed by atoms with Gasteiger partial charge in [0.2, 0.25) is 0 Å². The number of hydrogen-bond acceptors (Lipinski definition) is 1. The Labute approximate surface area is 119 Å². The number of hydrogen-bond donors (Lipinski definition) is 0. The van der Waals surface area contributed by atoms with Crippen molar-refractivity contribution in [2.45, 2.75) is 78.8 Å². The van der Waals surface area contributed by atoms with Gasteiger partial charge in [0.1, 0.15) is 5.84 Å². The molecule has 1 saturated carbocycles. The molecule has 0 aromatic heterocycles. The third-order valence-corrected chi connectivity index (χ3v) is 4.87. The second-order valence-corrected chi connectivity index (χ2v) is 7.30. The van der Waals surface area contributed by atoms with Crippen LogP contribution in [0.3, 0.4) is 0 Å². The first kappa shape index (κ1) is 14.9. The molecule has 2 fully saturated rings. The summed E-state index contributed by atoms with van der Waals surface area (Å²) in [6.07, 6.45) is 6.98. The summed E-state index contributed by atoms with van der Waals surface area (Å²) in [7, 11) is 0. The smallest absolute Gasteiger partial charge is 0.103 e. The molecule has 3 unspecified atom stereocenters. The van der Waals surface area contributed by atoms with Gasteiger partial charge in [-0.25, -0.2) is 0 Å². The molecule has 2 aliphatic rings. The van der Waals surface area contributed by atoms with Crippen LogP contribution in [-0.2, 0) is 0 Å². The zero-order valence-electron chi connectivity index (χ0n) is 13.5. The van der Waals surface area contributed by atoms with E-state index >= 15 is 0 Å². The highest BCUT2D eigenvalue weighted by atomic mass is 15.2. The monoisotopic (exact) mass is 264 g/mol. The van der Waals surface area contributed by atoms with Gasteiger partial charge in [0.05, 0.1) is 0 Å². The molecule has 0 radical (unpaired) electrons. The van der Waals surface area contributed by atoms with Crippen molar-refractivity contribution in [2.24, 2.45) is 22.7 Å². The van der Waals surface area contributed by atoms with Crippen LogP contribution in [0.25, 0.3) is 0 Å². The van der Waals surface area contributed by atoms with E-state index in [1.165, 1.54) is 44.5 Å². The van der Waals surface area contributed by atoms with Crippen LogP contribution < -0.4 is 0 Å². The summed E-state index contributed by atoms with van der Waals surface area (Å²) in [5, 5.41) is 0. The zero-order chi connectivity index (χ0) is 14.0. The molecule has 1 aliphatic heterocycles. The average molecular weight is 264 g/mol. The molecular formula is C17H32N2. The van der Waals surface area contributed by atoms with E-state index in [-0.39, 0.29) is 0 Å². The number of piperidine rings is 1. The van der Waals surface area contributed by atoms with Crippen LogP contribution in [0.1, 0.15) is 66.7 Å². The number of rotatable bonds is 2. The molecule has 19 heavy (non-hydrogen) atoms. The lowest BCUT2D eigenvalue weighted by Crippen LogP contribution is -2.49. The Kier molecular flexibility index (Phi) is 4.92. The topological polar surface area (TPSA) is 15.6 Å². The van der Waals surface area contributed by atoms with Gasteiger partial charge in [-0.1, -0.05) is 19.8 Å². The van der Waals surface area contributed by atoms with Gasteiger partial charge in [0, 0.05) is 24.5 Å². The lowest BCUT2D eigenvalue weighted by atomic mass is 9.79. The number of amidine groups is 1. The second-order valence-electron chi connectivity index (χ2n) is 7.30. The Bertz CT molecular complexity index is 319. The van der Waals surface area contributed by atoms with Gasteiger partial charge in [-0.05, 0) is 58.8 Å². The lowest BCUT2D eigenvalue weighted by Gasteiger charge is -2.43. The van der Waals surface area contributed by atoms with Gasteiger partial charge in [-0.15, -0.1) is 0 Å². The molecule has 2 heteroatoms. The summed E-state index contributed by atoms with van der Waals surface area (Å²) in [6.45, 7) is 12.7.